The molecule has 0 N–H and O–H groups in total. The average Bonchev–Trinajstić information content (AvgIpc) is 3.50. The molecule has 1 heterocycles. The lowest BCUT2D eigenvalue weighted by Crippen LogP contribution is -2.47. The van der Waals surface area contributed by atoms with E-state index < -0.39 is 57.1 Å². The van der Waals surface area contributed by atoms with Crippen molar-refractivity contribution in [1.29, 1.82) is 0 Å². The van der Waals surface area contributed by atoms with E-state index in [-0.39, 0.29) is 23.5 Å². The molecule has 1 aliphatic heterocycles. The average molecular weight is 483 g/mol. The number of allylic oxidation sites excluding steroid dienone is 2. The maximum Gasteiger partial charge on any atom is 0.431 e. The van der Waals surface area contributed by atoms with Crippen LogP contribution in [0, 0.1) is 21.3 Å². The Balaban J connectivity index is 2.02. The topological polar surface area (TPSA) is 93.0 Å². The van der Waals surface area contributed by atoms with Gasteiger partial charge in [-0.25, -0.2) is 9.18 Å². The van der Waals surface area contributed by atoms with Crippen LogP contribution in [-0.4, -0.2) is 41.7 Å². The smallest absolute Gasteiger partial charge is 0.431 e. The number of nitro groups is 1. The fraction of sp³-hybridized carbons (Fsp3) is 0.364. The predicted octanol–water partition coefficient (Wildman–Crippen LogP) is 5.01. The third kappa shape index (κ3) is 4.66. The van der Waals surface area contributed by atoms with Gasteiger partial charge in [-0.1, -0.05) is 13.2 Å². The molecule has 0 aromatic heterocycles. The highest BCUT2D eigenvalue weighted by molar-refractivity contribution is 5.98. The van der Waals surface area contributed by atoms with Crippen molar-refractivity contribution < 1.29 is 36.8 Å². The minimum Gasteiger partial charge on any atom is -0.461 e. The van der Waals surface area contributed by atoms with Gasteiger partial charge in [0.05, 0.1) is 22.1 Å². The maximum absolute atomic E-state index is 14.9. The Morgan fingerprint density at radius 2 is 1.94 bits per heavy atom. The Bertz CT molecular complexity index is 1140. The third-order valence-corrected chi connectivity index (χ3v) is 5.57. The van der Waals surface area contributed by atoms with E-state index >= 15 is 0 Å². The molecule has 0 unspecified atom stereocenters. The van der Waals surface area contributed by atoms with E-state index in [1.807, 2.05) is 0 Å². The first-order valence-electron chi connectivity index (χ1n) is 10.0. The van der Waals surface area contributed by atoms with Gasteiger partial charge < -0.3 is 4.74 Å². The van der Waals surface area contributed by atoms with E-state index in [1.165, 1.54) is 0 Å². The van der Waals surface area contributed by atoms with Crippen LogP contribution >= 0.6 is 0 Å². The number of benzene rings is 1. The van der Waals surface area contributed by atoms with E-state index in [1.54, 1.807) is 6.92 Å². The van der Waals surface area contributed by atoms with Crippen LogP contribution in [0.2, 0.25) is 0 Å². The lowest BCUT2D eigenvalue weighted by Gasteiger charge is -2.35. The van der Waals surface area contributed by atoms with Crippen molar-refractivity contribution in [2.45, 2.75) is 32.4 Å². The molecule has 1 aliphatic carbocycles. The number of halogens is 4. The standard InChI is InChI=1S/C22H21F4N3O5/c1-12(2)11-34-19(30)21(5-6-21)10-14-8-17(15(23)9-16(14)29(32)33)28-13(3)7-18(22(24,25)26)27(4)20(28)31/h7-9H,1,3,5-6,10-11H2,2,4H3. The number of amides is 2. The van der Waals surface area contributed by atoms with Gasteiger partial charge in [-0.3, -0.25) is 24.7 Å². The first-order chi connectivity index (χ1) is 15.7. The van der Waals surface area contributed by atoms with Crippen LogP contribution in [-0.2, 0) is 16.0 Å². The van der Waals surface area contributed by atoms with Crippen molar-refractivity contribution in [1.82, 2.24) is 4.90 Å². The van der Waals surface area contributed by atoms with E-state index in [9.17, 15) is 37.3 Å². The summed E-state index contributed by atoms with van der Waals surface area (Å²) in [7, 11) is 0.863. The monoisotopic (exact) mass is 483 g/mol. The molecule has 12 heteroatoms. The molecule has 0 radical (unpaired) electrons. The molecular weight excluding hydrogens is 462 g/mol. The molecule has 3 rings (SSSR count). The second-order valence-corrected chi connectivity index (χ2v) is 8.38. The largest absolute Gasteiger partial charge is 0.461 e. The van der Waals surface area contributed by atoms with Gasteiger partial charge in [0.2, 0.25) is 0 Å². The minimum absolute atomic E-state index is 0.0281. The molecule has 0 spiro atoms. The summed E-state index contributed by atoms with van der Waals surface area (Å²) in [4.78, 5) is 36.8. The van der Waals surface area contributed by atoms with Gasteiger partial charge in [-0.05, 0) is 43.9 Å². The molecule has 1 aromatic rings. The molecule has 0 saturated heterocycles. The first kappa shape index (κ1) is 24.9. The van der Waals surface area contributed by atoms with Crippen molar-refractivity contribution >= 4 is 23.4 Å². The number of nitrogens with zero attached hydrogens (tertiary/aromatic N) is 3. The van der Waals surface area contributed by atoms with Crippen molar-refractivity contribution in [3.63, 3.8) is 0 Å². The number of rotatable bonds is 7. The molecule has 2 amide bonds. The fourth-order valence-corrected chi connectivity index (χ4v) is 3.61. The van der Waals surface area contributed by atoms with Gasteiger partial charge in [0.15, 0.2) is 5.82 Å². The summed E-state index contributed by atoms with van der Waals surface area (Å²) < 4.78 is 59.7. The zero-order valence-corrected chi connectivity index (χ0v) is 18.4. The minimum atomic E-state index is -4.86. The number of ether oxygens (including phenoxy) is 1. The fourth-order valence-electron chi connectivity index (χ4n) is 3.61. The van der Waals surface area contributed by atoms with Crippen molar-refractivity contribution in [3.8, 4) is 0 Å². The van der Waals surface area contributed by atoms with Gasteiger partial charge in [-0.2, -0.15) is 13.2 Å². The molecule has 1 fully saturated rings. The number of hydrogen-bond acceptors (Lipinski definition) is 5. The molecule has 8 nitrogen and oxygen atoms in total. The second-order valence-electron chi connectivity index (χ2n) is 8.38. The van der Waals surface area contributed by atoms with E-state index in [2.05, 4.69) is 13.2 Å². The van der Waals surface area contributed by atoms with Crippen LogP contribution in [0.15, 0.2) is 48.3 Å². The maximum atomic E-state index is 14.9. The van der Waals surface area contributed by atoms with Crippen LogP contribution in [0.1, 0.15) is 25.3 Å². The number of urea groups is 1. The quantitative estimate of drug-likeness (QED) is 0.179. The summed E-state index contributed by atoms with van der Waals surface area (Å²) in [6.45, 7) is 8.68. The SMILES string of the molecule is C=C(C)COC(=O)C1(Cc2cc(N3C(=C)C=C(C(F)(F)F)N(C)C3=O)c(F)cc2[N+](=O)[O-])CC1. The van der Waals surface area contributed by atoms with Gasteiger partial charge in [0.1, 0.15) is 12.3 Å². The summed E-state index contributed by atoms with van der Waals surface area (Å²) in [5.74, 6) is -1.80. The molecule has 1 saturated carbocycles. The number of hydrogen-bond donors (Lipinski definition) is 0. The Morgan fingerprint density at radius 3 is 2.44 bits per heavy atom. The lowest BCUT2D eigenvalue weighted by atomic mass is 9.94. The van der Waals surface area contributed by atoms with Crippen LogP contribution in [0.5, 0.6) is 0 Å². The number of anilines is 1. The molecule has 182 valence electrons. The van der Waals surface area contributed by atoms with Gasteiger partial charge in [0, 0.05) is 18.3 Å². The first-order valence-corrected chi connectivity index (χ1v) is 10.0. The van der Waals surface area contributed by atoms with Gasteiger partial charge in [-0.15, -0.1) is 0 Å². The highest BCUT2D eigenvalue weighted by Gasteiger charge is 2.52. The number of carbonyl (C=O) groups is 2. The van der Waals surface area contributed by atoms with E-state index in [0.717, 1.165) is 13.1 Å². The van der Waals surface area contributed by atoms with Crippen molar-refractivity contribution in [3.05, 3.63) is 69.8 Å². The molecule has 34 heavy (non-hydrogen) atoms. The highest BCUT2D eigenvalue weighted by Crippen LogP contribution is 2.51. The normalized spacial score (nSPS) is 17.4. The third-order valence-electron chi connectivity index (χ3n) is 5.57. The Kier molecular flexibility index (Phi) is 6.29. The number of esters is 1. The van der Waals surface area contributed by atoms with E-state index in [0.29, 0.717) is 35.5 Å². The van der Waals surface area contributed by atoms with Gasteiger partial charge >= 0.3 is 18.2 Å². The molecular formula is C22H21F4N3O5. The van der Waals surface area contributed by atoms with Crippen molar-refractivity contribution in [2.75, 3.05) is 18.6 Å². The molecule has 0 bridgehead atoms. The number of carbonyl (C=O) groups excluding carboxylic acids is 2. The van der Waals surface area contributed by atoms with Crippen LogP contribution in [0.3, 0.4) is 0 Å². The molecule has 0 atom stereocenters. The summed E-state index contributed by atoms with van der Waals surface area (Å²) in [5.41, 5.74) is -3.45. The highest BCUT2D eigenvalue weighted by atomic mass is 19.4. The van der Waals surface area contributed by atoms with Crippen LogP contribution in [0.25, 0.3) is 0 Å². The Labute approximate surface area is 191 Å². The molecule has 1 aromatic carbocycles. The summed E-state index contributed by atoms with van der Waals surface area (Å²) in [6.07, 6.45) is -3.72. The van der Waals surface area contributed by atoms with Crippen LogP contribution < -0.4 is 4.90 Å². The Morgan fingerprint density at radius 1 is 1.32 bits per heavy atom. The zero-order valence-electron chi connectivity index (χ0n) is 18.4. The molecule has 2 aliphatic rings. The summed E-state index contributed by atoms with van der Waals surface area (Å²) in [6, 6.07) is 0.312. The van der Waals surface area contributed by atoms with E-state index in [4.69, 9.17) is 4.74 Å². The second kappa shape index (κ2) is 8.58. The lowest BCUT2D eigenvalue weighted by molar-refractivity contribution is -0.385. The van der Waals surface area contributed by atoms with Crippen LogP contribution in [0.4, 0.5) is 33.7 Å². The zero-order chi connectivity index (χ0) is 25.6. The van der Waals surface area contributed by atoms with Gasteiger partial charge in [0.25, 0.3) is 5.69 Å². The summed E-state index contributed by atoms with van der Waals surface area (Å²) >= 11 is 0. The van der Waals surface area contributed by atoms with Crippen molar-refractivity contribution in [2.24, 2.45) is 5.41 Å². The summed E-state index contributed by atoms with van der Waals surface area (Å²) in [5, 5.41) is 11.6. The predicted molar refractivity (Wildman–Crippen MR) is 113 cm³/mol. The number of alkyl halides is 3. The number of nitro benzene ring substituents is 1. The Hall–Kier alpha value is -3.70.